The molecule has 1 N–H and O–H groups in total. The number of rotatable bonds is 2. The Hall–Kier alpha value is -2.46. The summed E-state index contributed by atoms with van der Waals surface area (Å²) in [6.45, 7) is 1.88. The first-order valence-electron chi connectivity index (χ1n) is 6.43. The van der Waals surface area contributed by atoms with Crippen molar-refractivity contribution in [1.29, 1.82) is 0 Å². The molecular weight excluding hydrogens is 286 g/mol. The van der Waals surface area contributed by atoms with E-state index in [9.17, 15) is 4.79 Å². The predicted octanol–water partition coefficient (Wildman–Crippen LogP) is 3.84. The number of aromatic nitrogens is 2. The van der Waals surface area contributed by atoms with E-state index in [1.807, 2.05) is 31.2 Å². The van der Waals surface area contributed by atoms with Gasteiger partial charge in [-0.2, -0.15) is 0 Å². The summed E-state index contributed by atoms with van der Waals surface area (Å²) in [6, 6.07) is 12.7. The Bertz CT molecular complexity index is 833. The van der Waals surface area contributed by atoms with E-state index >= 15 is 0 Å². The SMILES string of the molecule is Cc1cc(Cl)ccc1NC(=O)c1cnc2ccccc2n1. The summed E-state index contributed by atoms with van der Waals surface area (Å²) in [5.74, 6) is -0.293. The summed E-state index contributed by atoms with van der Waals surface area (Å²) in [4.78, 5) is 20.8. The van der Waals surface area contributed by atoms with E-state index in [0.29, 0.717) is 16.2 Å². The molecule has 0 spiro atoms. The minimum atomic E-state index is -0.293. The smallest absolute Gasteiger partial charge is 0.275 e. The van der Waals surface area contributed by atoms with Gasteiger partial charge >= 0.3 is 0 Å². The molecule has 1 aromatic heterocycles. The van der Waals surface area contributed by atoms with Crippen LogP contribution in [0.3, 0.4) is 0 Å². The fourth-order valence-electron chi connectivity index (χ4n) is 2.02. The molecule has 0 radical (unpaired) electrons. The number of fused-ring (bicyclic) bond motifs is 1. The molecule has 0 saturated heterocycles. The number of carbonyl (C=O) groups excluding carboxylic acids is 1. The Kier molecular flexibility index (Phi) is 3.54. The van der Waals surface area contributed by atoms with Gasteiger partial charge in [0.1, 0.15) is 5.69 Å². The highest BCUT2D eigenvalue weighted by atomic mass is 35.5. The van der Waals surface area contributed by atoms with Crippen LogP contribution in [0.15, 0.2) is 48.7 Å². The van der Waals surface area contributed by atoms with Crippen LogP contribution in [0.2, 0.25) is 5.02 Å². The van der Waals surface area contributed by atoms with Gasteiger partial charge in [-0.15, -0.1) is 0 Å². The summed E-state index contributed by atoms with van der Waals surface area (Å²) in [7, 11) is 0. The van der Waals surface area contributed by atoms with Crippen molar-refractivity contribution >= 4 is 34.2 Å². The molecule has 0 aliphatic heterocycles. The summed E-state index contributed by atoms with van der Waals surface area (Å²) < 4.78 is 0. The number of anilines is 1. The standard InChI is InChI=1S/C16H12ClN3O/c1-10-8-11(17)6-7-12(10)20-16(21)15-9-18-13-4-2-3-5-14(13)19-15/h2-9H,1H3,(H,20,21). The molecule has 21 heavy (non-hydrogen) atoms. The maximum atomic E-state index is 12.2. The molecule has 0 fully saturated rings. The second-order valence-electron chi connectivity index (χ2n) is 4.66. The lowest BCUT2D eigenvalue weighted by molar-refractivity contribution is 0.102. The van der Waals surface area contributed by atoms with E-state index in [4.69, 9.17) is 11.6 Å². The molecular formula is C16H12ClN3O. The van der Waals surface area contributed by atoms with Crippen LogP contribution >= 0.6 is 11.6 Å². The highest BCUT2D eigenvalue weighted by Gasteiger charge is 2.10. The van der Waals surface area contributed by atoms with Gasteiger partial charge in [0.15, 0.2) is 0 Å². The van der Waals surface area contributed by atoms with Crippen molar-refractivity contribution in [3.05, 3.63) is 64.9 Å². The molecule has 0 aliphatic carbocycles. The Balaban J connectivity index is 1.89. The zero-order valence-electron chi connectivity index (χ0n) is 11.3. The molecule has 0 atom stereocenters. The van der Waals surface area contributed by atoms with Crippen molar-refractivity contribution < 1.29 is 4.79 Å². The molecule has 0 saturated carbocycles. The summed E-state index contributed by atoms with van der Waals surface area (Å²) in [5, 5.41) is 3.45. The van der Waals surface area contributed by atoms with Crippen LogP contribution < -0.4 is 5.32 Å². The first-order chi connectivity index (χ1) is 10.1. The Morgan fingerprint density at radius 2 is 1.90 bits per heavy atom. The Morgan fingerprint density at radius 1 is 1.14 bits per heavy atom. The molecule has 1 amide bonds. The number of hydrogen-bond donors (Lipinski definition) is 1. The van der Waals surface area contributed by atoms with Gasteiger partial charge in [-0.1, -0.05) is 23.7 Å². The summed E-state index contributed by atoms with van der Waals surface area (Å²) >= 11 is 5.90. The first kappa shape index (κ1) is 13.5. The topological polar surface area (TPSA) is 54.9 Å². The maximum Gasteiger partial charge on any atom is 0.275 e. The van der Waals surface area contributed by atoms with Crippen LogP contribution in [0.4, 0.5) is 5.69 Å². The molecule has 0 unspecified atom stereocenters. The number of carbonyl (C=O) groups is 1. The quantitative estimate of drug-likeness (QED) is 0.782. The number of nitrogens with one attached hydrogen (secondary N) is 1. The lowest BCUT2D eigenvalue weighted by atomic mass is 10.2. The van der Waals surface area contributed by atoms with Crippen molar-refractivity contribution in [2.45, 2.75) is 6.92 Å². The van der Waals surface area contributed by atoms with Gasteiger partial charge in [0, 0.05) is 10.7 Å². The van der Waals surface area contributed by atoms with Gasteiger partial charge in [-0.05, 0) is 42.8 Å². The van der Waals surface area contributed by atoms with Crippen LogP contribution in [0, 0.1) is 6.92 Å². The van der Waals surface area contributed by atoms with Crippen LogP contribution in [-0.2, 0) is 0 Å². The summed E-state index contributed by atoms with van der Waals surface area (Å²) in [6.07, 6.45) is 1.48. The van der Waals surface area contributed by atoms with Crippen molar-refractivity contribution in [2.24, 2.45) is 0 Å². The van der Waals surface area contributed by atoms with E-state index in [2.05, 4.69) is 15.3 Å². The van der Waals surface area contributed by atoms with Gasteiger partial charge in [-0.25, -0.2) is 4.98 Å². The van der Waals surface area contributed by atoms with E-state index in [1.54, 1.807) is 18.2 Å². The average Bonchev–Trinajstić information content (AvgIpc) is 2.49. The van der Waals surface area contributed by atoms with Gasteiger partial charge in [0.25, 0.3) is 5.91 Å². The van der Waals surface area contributed by atoms with E-state index in [0.717, 1.165) is 11.1 Å². The molecule has 3 aromatic rings. The molecule has 104 valence electrons. The molecule has 2 aromatic carbocycles. The molecule has 0 bridgehead atoms. The average molecular weight is 298 g/mol. The van der Waals surface area contributed by atoms with Gasteiger partial charge < -0.3 is 5.32 Å². The maximum absolute atomic E-state index is 12.2. The second-order valence-corrected chi connectivity index (χ2v) is 5.09. The zero-order chi connectivity index (χ0) is 14.8. The molecule has 4 nitrogen and oxygen atoms in total. The first-order valence-corrected chi connectivity index (χ1v) is 6.80. The molecule has 5 heteroatoms. The van der Waals surface area contributed by atoms with Crippen LogP contribution in [0.25, 0.3) is 11.0 Å². The lowest BCUT2D eigenvalue weighted by Gasteiger charge is -2.08. The van der Waals surface area contributed by atoms with Gasteiger partial charge in [0.2, 0.25) is 0 Å². The number of aryl methyl sites for hydroxylation is 1. The predicted molar refractivity (Wildman–Crippen MR) is 83.7 cm³/mol. The van der Waals surface area contributed by atoms with Crippen molar-refractivity contribution in [3.63, 3.8) is 0 Å². The highest BCUT2D eigenvalue weighted by Crippen LogP contribution is 2.20. The number of para-hydroxylation sites is 2. The zero-order valence-corrected chi connectivity index (χ0v) is 12.1. The second kappa shape index (κ2) is 5.50. The van der Waals surface area contributed by atoms with Crippen LogP contribution in [0.1, 0.15) is 16.1 Å². The van der Waals surface area contributed by atoms with E-state index in [-0.39, 0.29) is 11.6 Å². The van der Waals surface area contributed by atoms with Gasteiger partial charge in [-0.3, -0.25) is 9.78 Å². The van der Waals surface area contributed by atoms with Crippen molar-refractivity contribution in [2.75, 3.05) is 5.32 Å². The molecule has 3 rings (SSSR count). The fraction of sp³-hybridized carbons (Fsp3) is 0.0625. The lowest BCUT2D eigenvalue weighted by Crippen LogP contribution is -2.14. The number of hydrogen-bond acceptors (Lipinski definition) is 3. The molecule has 0 aliphatic rings. The van der Waals surface area contributed by atoms with Crippen molar-refractivity contribution in [3.8, 4) is 0 Å². The number of halogens is 1. The van der Waals surface area contributed by atoms with E-state index < -0.39 is 0 Å². The third-order valence-electron chi connectivity index (χ3n) is 3.12. The number of nitrogens with zero attached hydrogens (tertiary/aromatic N) is 2. The van der Waals surface area contributed by atoms with Crippen molar-refractivity contribution in [1.82, 2.24) is 9.97 Å². The number of benzene rings is 2. The normalized spacial score (nSPS) is 10.6. The fourth-order valence-corrected chi connectivity index (χ4v) is 2.25. The third-order valence-corrected chi connectivity index (χ3v) is 3.35. The van der Waals surface area contributed by atoms with Crippen LogP contribution in [-0.4, -0.2) is 15.9 Å². The monoisotopic (exact) mass is 297 g/mol. The molecule has 1 heterocycles. The minimum Gasteiger partial charge on any atom is -0.320 e. The Morgan fingerprint density at radius 3 is 2.67 bits per heavy atom. The van der Waals surface area contributed by atoms with Crippen LogP contribution in [0.5, 0.6) is 0 Å². The van der Waals surface area contributed by atoms with E-state index in [1.165, 1.54) is 6.20 Å². The van der Waals surface area contributed by atoms with Gasteiger partial charge in [0.05, 0.1) is 17.2 Å². The third kappa shape index (κ3) is 2.85. The minimum absolute atomic E-state index is 0.281. The Labute approximate surface area is 126 Å². The largest absolute Gasteiger partial charge is 0.320 e. The summed E-state index contributed by atoms with van der Waals surface area (Å²) in [5.41, 5.74) is 3.33. The number of amides is 1. The highest BCUT2D eigenvalue weighted by molar-refractivity contribution is 6.30.